The summed E-state index contributed by atoms with van der Waals surface area (Å²) in [7, 11) is 0. The minimum atomic E-state index is -0.353. The van der Waals surface area contributed by atoms with Crippen molar-refractivity contribution in [3.8, 4) is 0 Å². The molecule has 1 aliphatic heterocycles. The zero-order chi connectivity index (χ0) is 13.8. The van der Waals surface area contributed by atoms with Gasteiger partial charge in [-0.25, -0.2) is 0 Å². The third-order valence-corrected chi connectivity index (χ3v) is 4.08. The summed E-state index contributed by atoms with van der Waals surface area (Å²) in [5, 5.41) is 0. The number of likely N-dealkylation sites (tertiary alicyclic amines) is 1. The van der Waals surface area contributed by atoms with E-state index in [1.807, 2.05) is 24.8 Å². The van der Waals surface area contributed by atoms with Crippen LogP contribution in [0, 0.1) is 5.92 Å². The Balaban J connectivity index is 0.00000200. The number of benzene rings is 1. The second-order valence-corrected chi connectivity index (χ2v) is 5.78. The van der Waals surface area contributed by atoms with Crippen molar-refractivity contribution in [2.75, 3.05) is 13.1 Å². The van der Waals surface area contributed by atoms with Crippen LogP contribution < -0.4 is 5.73 Å². The maximum absolute atomic E-state index is 12.2. The van der Waals surface area contributed by atoms with Crippen LogP contribution in [0.4, 0.5) is 0 Å². The van der Waals surface area contributed by atoms with E-state index >= 15 is 0 Å². The number of carbonyl (C=O) groups excluding carboxylic acids is 1. The lowest BCUT2D eigenvalue weighted by atomic mass is 9.89. The number of hydrogen-bond donors (Lipinski definition) is 1. The van der Waals surface area contributed by atoms with Gasteiger partial charge in [0.1, 0.15) is 0 Å². The predicted octanol–water partition coefficient (Wildman–Crippen LogP) is 2.80. The van der Waals surface area contributed by atoms with Crippen LogP contribution in [-0.2, 0) is 4.79 Å². The molecule has 2 N–H and O–H groups in total. The van der Waals surface area contributed by atoms with Gasteiger partial charge in [-0.05, 0) is 30.2 Å². The molecular formula is C16H25ClN2O. The van der Waals surface area contributed by atoms with E-state index in [0.29, 0.717) is 5.92 Å². The highest BCUT2D eigenvalue weighted by molar-refractivity contribution is 5.85. The molecule has 1 aromatic rings. The summed E-state index contributed by atoms with van der Waals surface area (Å²) in [4.78, 5) is 14.1. The summed E-state index contributed by atoms with van der Waals surface area (Å²) < 4.78 is 0. The number of piperidine rings is 1. The monoisotopic (exact) mass is 296 g/mol. The van der Waals surface area contributed by atoms with Gasteiger partial charge >= 0.3 is 0 Å². The molecule has 1 aromatic carbocycles. The van der Waals surface area contributed by atoms with E-state index in [1.165, 1.54) is 5.56 Å². The van der Waals surface area contributed by atoms with E-state index in [9.17, 15) is 4.79 Å². The molecule has 0 bridgehead atoms. The van der Waals surface area contributed by atoms with E-state index < -0.39 is 0 Å². The molecule has 0 radical (unpaired) electrons. The van der Waals surface area contributed by atoms with Gasteiger partial charge in [-0.2, -0.15) is 0 Å². The van der Waals surface area contributed by atoms with Gasteiger partial charge in [0, 0.05) is 13.1 Å². The predicted molar refractivity (Wildman–Crippen MR) is 85.1 cm³/mol. The Bertz CT molecular complexity index is 414. The second kappa shape index (κ2) is 7.65. The second-order valence-electron chi connectivity index (χ2n) is 5.78. The smallest absolute Gasteiger partial charge is 0.239 e. The SMILES string of the molecule is CC(C)C(N)C(=O)N1CCC(c2ccccc2)CC1.Cl. The van der Waals surface area contributed by atoms with Crippen molar-refractivity contribution < 1.29 is 4.79 Å². The Morgan fingerprint density at radius 3 is 2.25 bits per heavy atom. The number of amides is 1. The Morgan fingerprint density at radius 2 is 1.75 bits per heavy atom. The summed E-state index contributed by atoms with van der Waals surface area (Å²) >= 11 is 0. The zero-order valence-electron chi connectivity index (χ0n) is 12.3. The molecule has 1 fully saturated rings. The minimum Gasteiger partial charge on any atom is -0.341 e. The quantitative estimate of drug-likeness (QED) is 0.932. The normalized spacial score (nSPS) is 17.7. The van der Waals surface area contributed by atoms with Crippen LogP contribution in [0.5, 0.6) is 0 Å². The van der Waals surface area contributed by atoms with Crippen LogP contribution in [-0.4, -0.2) is 29.9 Å². The first-order valence-electron chi connectivity index (χ1n) is 7.19. The molecule has 1 unspecified atom stereocenters. The van der Waals surface area contributed by atoms with Crippen LogP contribution in [0.1, 0.15) is 38.2 Å². The first-order chi connectivity index (χ1) is 9.09. The molecule has 4 heteroatoms. The van der Waals surface area contributed by atoms with Gasteiger partial charge in [-0.1, -0.05) is 44.2 Å². The lowest BCUT2D eigenvalue weighted by Gasteiger charge is -2.34. The average Bonchev–Trinajstić information content (AvgIpc) is 2.46. The molecule has 0 spiro atoms. The molecule has 1 saturated heterocycles. The van der Waals surface area contributed by atoms with E-state index in [1.54, 1.807) is 0 Å². The highest BCUT2D eigenvalue weighted by Gasteiger charge is 2.28. The summed E-state index contributed by atoms with van der Waals surface area (Å²) in [5.74, 6) is 0.904. The molecule has 0 aromatic heterocycles. The first kappa shape index (κ1) is 17.0. The average molecular weight is 297 g/mol. The summed E-state index contributed by atoms with van der Waals surface area (Å²) in [5.41, 5.74) is 7.34. The molecule has 3 nitrogen and oxygen atoms in total. The fraction of sp³-hybridized carbons (Fsp3) is 0.562. The van der Waals surface area contributed by atoms with Gasteiger partial charge < -0.3 is 10.6 Å². The van der Waals surface area contributed by atoms with Gasteiger partial charge in [0.25, 0.3) is 0 Å². The fourth-order valence-electron chi connectivity index (χ4n) is 2.65. The van der Waals surface area contributed by atoms with Gasteiger partial charge in [0.05, 0.1) is 6.04 Å². The standard InChI is InChI=1S/C16H24N2O.ClH/c1-12(2)15(17)16(19)18-10-8-14(9-11-18)13-6-4-3-5-7-13;/h3-7,12,14-15H,8-11,17H2,1-2H3;1H. The maximum atomic E-state index is 12.2. The van der Waals surface area contributed by atoms with Crippen molar-refractivity contribution in [3.05, 3.63) is 35.9 Å². The van der Waals surface area contributed by atoms with Crippen LogP contribution >= 0.6 is 12.4 Å². The van der Waals surface area contributed by atoms with E-state index in [0.717, 1.165) is 25.9 Å². The Hall–Kier alpha value is -1.06. The lowest BCUT2D eigenvalue weighted by molar-refractivity contribution is -0.134. The van der Waals surface area contributed by atoms with Crippen molar-refractivity contribution in [2.24, 2.45) is 11.7 Å². The number of nitrogens with two attached hydrogens (primary N) is 1. The van der Waals surface area contributed by atoms with E-state index in [4.69, 9.17) is 5.73 Å². The highest BCUT2D eigenvalue weighted by atomic mass is 35.5. The zero-order valence-corrected chi connectivity index (χ0v) is 13.1. The van der Waals surface area contributed by atoms with E-state index in [-0.39, 0.29) is 30.3 Å². The topological polar surface area (TPSA) is 46.3 Å². The summed E-state index contributed by atoms with van der Waals surface area (Å²) in [6.07, 6.45) is 2.08. The van der Waals surface area contributed by atoms with Gasteiger partial charge in [-0.15, -0.1) is 12.4 Å². The van der Waals surface area contributed by atoms with Gasteiger partial charge in [-0.3, -0.25) is 4.79 Å². The fourth-order valence-corrected chi connectivity index (χ4v) is 2.65. The van der Waals surface area contributed by atoms with Crippen molar-refractivity contribution in [3.63, 3.8) is 0 Å². The number of rotatable bonds is 3. The van der Waals surface area contributed by atoms with Crippen molar-refractivity contribution >= 4 is 18.3 Å². The van der Waals surface area contributed by atoms with Crippen molar-refractivity contribution in [1.29, 1.82) is 0 Å². The third kappa shape index (κ3) is 3.97. The van der Waals surface area contributed by atoms with Crippen LogP contribution in [0.2, 0.25) is 0 Å². The molecule has 0 saturated carbocycles. The molecular weight excluding hydrogens is 272 g/mol. The first-order valence-corrected chi connectivity index (χ1v) is 7.19. The van der Waals surface area contributed by atoms with Gasteiger partial charge in [0.15, 0.2) is 0 Å². The molecule has 112 valence electrons. The molecule has 1 aliphatic rings. The third-order valence-electron chi connectivity index (χ3n) is 4.08. The summed E-state index contributed by atoms with van der Waals surface area (Å²) in [6.45, 7) is 5.66. The van der Waals surface area contributed by atoms with Crippen LogP contribution in [0.15, 0.2) is 30.3 Å². The Morgan fingerprint density at radius 1 is 1.20 bits per heavy atom. The highest BCUT2D eigenvalue weighted by Crippen LogP contribution is 2.28. The number of nitrogens with zero attached hydrogens (tertiary/aromatic N) is 1. The lowest BCUT2D eigenvalue weighted by Crippen LogP contribution is -2.49. The molecule has 1 amide bonds. The largest absolute Gasteiger partial charge is 0.341 e. The van der Waals surface area contributed by atoms with Crippen molar-refractivity contribution in [1.82, 2.24) is 4.90 Å². The molecule has 0 aliphatic carbocycles. The van der Waals surface area contributed by atoms with Gasteiger partial charge in [0.2, 0.25) is 5.91 Å². The molecule has 20 heavy (non-hydrogen) atoms. The Kier molecular flexibility index (Phi) is 6.50. The number of carbonyl (C=O) groups is 1. The Labute approximate surface area is 127 Å². The van der Waals surface area contributed by atoms with Crippen LogP contribution in [0.3, 0.4) is 0 Å². The minimum absolute atomic E-state index is 0. The van der Waals surface area contributed by atoms with Crippen LogP contribution in [0.25, 0.3) is 0 Å². The summed E-state index contributed by atoms with van der Waals surface area (Å²) in [6, 6.07) is 10.2. The molecule has 1 atom stereocenters. The molecule has 2 rings (SSSR count). The van der Waals surface area contributed by atoms with E-state index in [2.05, 4.69) is 24.3 Å². The maximum Gasteiger partial charge on any atom is 0.239 e. The van der Waals surface area contributed by atoms with Crippen molar-refractivity contribution in [2.45, 2.75) is 38.6 Å². The number of halogens is 1. The number of hydrogen-bond acceptors (Lipinski definition) is 2. The molecule has 1 heterocycles.